The van der Waals surface area contributed by atoms with Gasteiger partial charge in [0, 0.05) is 4.88 Å². The van der Waals surface area contributed by atoms with Crippen LogP contribution in [0.4, 0.5) is 5.69 Å². The average Bonchev–Trinajstić information content (AvgIpc) is 3.01. The second kappa shape index (κ2) is 7.09. The number of para-hydroxylation sites is 1. The number of hydrogen-bond acceptors (Lipinski definition) is 4. The molecule has 2 aromatic heterocycles. The molecule has 5 nitrogen and oxygen atoms in total. The molecule has 0 fully saturated rings. The third-order valence-corrected chi connectivity index (χ3v) is 6.66. The van der Waals surface area contributed by atoms with E-state index in [1.807, 2.05) is 0 Å². The monoisotopic (exact) mass is 401 g/mol. The molecule has 1 aliphatic carbocycles. The van der Waals surface area contributed by atoms with E-state index in [0.717, 1.165) is 29.7 Å². The molecule has 4 rings (SSSR count). The predicted molar refractivity (Wildman–Crippen MR) is 110 cm³/mol. The Morgan fingerprint density at radius 3 is 2.96 bits per heavy atom. The highest BCUT2D eigenvalue weighted by molar-refractivity contribution is 7.18. The van der Waals surface area contributed by atoms with Crippen molar-refractivity contribution >= 4 is 44.7 Å². The Bertz CT molecular complexity index is 1090. The van der Waals surface area contributed by atoms with Gasteiger partial charge in [-0.15, -0.1) is 11.3 Å². The summed E-state index contributed by atoms with van der Waals surface area (Å²) in [6.45, 7) is 3.93. The lowest BCUT2D eigenvalue weighted by Gasteiger charge is -2.18. The zero-order valence-electron chi connectivity index (χ0n) is 15.2. The van der Waals surface area contributed by atoms with Crippen molar-refractivity contribution < 1.29 is 4.79 Å². The van der Waals surface area contributed by atoms with Gasteiger partial charge in [0.05, 0.1) is 22.4 Å². The molecule has 3 aromatic rings. The average molecular weight is 402 g/mol. The van der Waals surface area contributed by atoms with Crippen LogP contribution >= 0.6 is 22.9 Å². The summed E-state index contributed by atoms with van der Waals surface area (Å²) in [7, 11) is 0. The zero-order valence-corrected chi connectivity index (χ0v) is 16.7. The third-order valence-electron chi connectivity index (χ3n) is 5.17. The molecule has 0 saturated heterocycles. The maximum atomic E-state index is 13.1. The number of hydrogen-bond donors (Lipinski definition) is 1. The number of thiophene rings is 1. The van der Waals surface area contributed by atoms with Crippen molar-refractivity contribution in [2.24, 2.45) is 5.92 Å². The number of benzene rings is 1. The molecule has 0 spiro atoms. The highest BCUT2D eigenvalue weighted by Crippen LogP contribution is 2.35. The molecule has 0 saturated carbocycles. The Labute approximate surface area is 166 Å². The number of carbonyl (C=O) groups is 1. The molecular weight excluding hydrogens is 382 g/mol. The fraction of sp³-hybridized carbons (Fsp3) is 0.350. The van der Waals surface area contributed by atoms with Crippen molar-refractivity contribution in [3.63, 3.8) is 0 Å². The van der Waals surface area contributed by atoms with Gasteiger partial charge in [-0.1, -0.05) is 30.7 Å². The molecule has 0 aliphatic heterocycles. The van der Waals surface area contributed by atoms with Gasteiger partial charge in [0.15, 0.2) is 0 Å². The molecule has 0 bridgehead atoms. The minimum absolute atomic E-state index is 0.145. The highest BCUT2D eigenvalue weighted by Gasteiger charge is 2.25. The number of nitrogens with one attached hydrogen (secondary N) is 1. The number of anilines is 1. The summed E-state index contributed by atoms with van der Waals surface area (Å²) in [5.41, 5.74) is 1.51. The highest BCUT2D eigenvalue weighted by atomic mass is 35.5. The molecular formula is C20H20ClN3O2S. The van der Waals surface area contributed by atoms with Gasteiger partial charge in [0.25, 0.3) is 5.56 Å². The Kier molecular flexibility index (Phi) is 4.78. The molecule has 2 atom stereocenters. The first kappa shape index (κ1) is 18.2. The van der Waals surface area contributed by atoms with Crippen LogP contribution in [0.5, 0.6) is 0 Å². The molecule has 1 amide bonds. The van der Waals surface area contributed by atoms with Crippen LogP contribution in [0, 0.1) is 5.92 Å². The van der Waals surface area contributed by atoms with Crippen LogP contribution in [0.15, 0.2) is 35.4 Å². The summed E-state index contributed by atoms with van der Waals surface area (Å²) in [5, 5.41) is 3.93. The second-order valence-corrected chi connectivity index (χ2v) is 8.62. The minimum Gasteiger partial charge on any atom is -0.323 e. The first-order valence-electron chi connectivity index (χ1n) is 9.02. The first-order chi connectivity index (χ1) is 13.0. The Morgan fingerprint density at radius 1 is 1.41 bits per heavy atom. The lowest BCUT2D eigenvalue weighted by Crippen LogP contribution is -2.32. The van der Waals surface area contributed by atoms with Gasteiger partial charge in [0.1, 0.15) is 10.9 Å². The van der Waals surface area contributed by atoms with Crippen molar-refractivity contribution in [2.75, 3.05) is 5.32 Å². The molecule has 1 N–H and O–H groups in total. The Balaban J connectivity index is 1.69. The fourth-order valence-corrected chi connectivity index (χ4v) is 5.07. The standard InChI is InChI=1S/C20H20ClN3O2S/c1-11-7-8-13-16(9-11)27-19-17(13)20(26)24(10-22-19)12(2)18(25)23-15-6-4-3-5-14(15)21/h3-6,10-12H,7-9H2,1-2H3,(H,23,25). The van der Waals surface area contributed by atoms with E-state index < -0.39 is 6.04 Å². The van der Waals surface area contributed by atoms with E-state index in [0.29, 0.717) is 22.0 Å². The van der Waals surface area contributed by atoms with Crippen molar-refractivity contribution in [1.82, 2.24) is 9.55 Å². The van der Waals surface area contributed by atoms with Gasteiger partial charge in [-0.05, 0) is 49.8 Å². The summed E-state index contributed by atoms with van der Waals surface area (Å²) in [4.78, 5) is 32.3. The van der Waals surface area contributed by atoms with Gasteiger partial charge in [-0.25, -0.2) is 4.98 Å². The molecule has 140 valence electrons. The lowest BCUT2D eigenvalue weighted by molar-refractivity contribution is -0.118. The number of rotatable bonds is 3. The maximum absolute atomic E-state index is 13.1. The van der Waals surface area contributed by atoms with Gasteiger partial charge in [-0.3, -0.25) is 14.2 Å². The predicted octanol–water partition coefficient (Wildman–Crippen LogP) is 4.44. The smallest absolute Gasteiger partial charge is 0.263 e. The van der Waals surface area contributed by atoms with E-state index in [4.69, 9.17) is 11.6 Å². The topological polar surface area (TPSA) is 64.0 Å². The number of amides is 1. The number of fused-ring (bicyclic) bond motifs is 3. The molecule has 1 aromatic carbocycles. The number of aromatic nitrogens is 2. The molecule has 2 unspecified atom stereocenters. The molecule has 1 aliphatic rings. The van der Waals surface area contributed by atoms with Crippen LogP contribution in [-0.4, -0.2) is 15.5 Å². The van der Waals surface area contributed by atoms with E-state index in [9.17, 15) is 9.59 Å². The quantitative estimate of drug-likeness (QED) is 0.705. The fourth-order valence-electron chi connectivity index (χ4n) is 3.55. The van der Waals surface area contributed by atoms with Crippen LogP contribution < -0.4 is 10.9 Å². The molecule has 2 heterocycles. The summed E-state index contributed by atoms with van der Waals surface area (Å²) in [5.74, 6) is 0.331. The van der Waals surface area contributed by atoms with E-state index in [1.54, 1.807) is 42.5 Å². The number of aryl methyl sites for hydroxylation is 1. The van der Waals surface area contributed by atoms with E-state index in [2.05, 4.69) is 17.2 Å². The zero-order chi connectivity index (χ0) is 19.1. The van der Waals surface area contributed by atoms with Gasteiger partial charge in [0.2, 0.25) is 5.91 Å². The van der Waals surface area contributed by atoms with Crippen LogP contribution in [0.3, 0.4) is 0 Å². The maximum Gasteiger partial charge on any atom is 0.263 e. The number of nitrogens with zero attached hydrogens (tertiary/aromatic N) is 2. The van der Waals surface area contributed by atoms with Crippen LogP contribution in [0.2, 0.25) is 5.02 Å². The molecule has 0 radical (unpaired) electrons. The third kappa shape index (κ3) is 3.28. The SMILES string of the molecule is CC1CCc2c(sc3ncn(C(C)C(=O)Nc4ccccc4Cl)c(=O)c23)C1. The summed E-state index contributed by atoms with van der Waals surface area (Å²) in [6, 6.07) is 6.34. The minimum atomic E-state index is -0.691. The van der Waals surface area contributed by atoms with Gasteiger partial charge >= 0.3 is 0 Å². The summed E-state index contributed by atoms with van der Waals surface area (Å²) in [6.07, 6.45) is 4.46. The summed E-state index contributed by atoms with van der Waals surface area (Å²) < 4.78 is 1.42. The normalized spacial score (nSPS) is 17.5. The van der Waals surface area contributed by atoms with E-state index in [-0.39, 0.29) is 11.5 Å². The van der Waals surface area contributed by atoms with Crippen molar-refractivity contribution in [2.45, 2.75) is 39.2 Å². The van der Waals surface area contributed by atoms with Crippen molar-refractivity contribution in [1.29, 1.82) is 0 Å². The number of halogens is 1. The van der Waals surface area contributed by atoms with E-state index >= 15 is 0 Å². The first-order valence-corrected chi connectivity index (χ1v) is 10.2. The molecule has 27 heavy (non-hydrogen) atoms. The van der Waals surface area contributed by atoms with Crippen molar-refractivity contribution in [3.8, 4) is 0 Å². The van der Waals surface area contributed by atoms with Crippen LogP contribution in [0.25, 0.3) is 10.2 Å². The summed E-state index contributed by atoms with van der Waals surface area (Å²) >= 11 is 7.72. The van der Waals surface area contributed by atoms with Crippen LogP contribution in [0.1, 0.15) is 36.8 Å². The molecule has 7 heteroatoms. The Morgan fingerprint density at radius 2 is 2.19 bits per heavy atom. The Hall–Kier alpha value is -2.18. The largest absolute Gasteiger partial charge is 0.323 e. The number of carbonyl (C=O) groups excluding carboxylic acids is 1. The second-order valence-electron chi connectivity index (χ2n) is 7.13. The van der Waals surface area contributed by atoms with Crippen molar-refractivity contribution in [3.05, 3.63) is 56.4 Å². The van der Waals surface area contributed by atoms with Gasteiger partial charge in [-0.2, -0.15) is 0 Å². The van der Waals surface area contributed by atoms with Gasteiger partial charge < -0.3 is 5.32 Å². The lowest BCUT2D eigenvalue weighted by atomic mass is 9.89. The van der Waals surface area contributed by atoms with Crippen LogP contribution in [-0.2, 0) is 17.6 Å². The van der Waals surface area contributed by atoms with E-state index in [1.165, 1.54) is 15.8 Å².